The van der Waals surface area contributed by atoms with Crippen molar-refractivity contribution in [3.05, 3.63) is 42.1 Å². The van der Waals surface area contributed by atoms with Crippen LogP contribution in [0.3, 0.4) is 0 Å². The lowest BCUT2D eigenvalue weighted by Gasteiger charge is -2.56. The Labute approximate surface area is 214 Å². The Balaban J connectivity index is 1.08. The van der Waals surface area contributed by atoms with Gasteiger partial charge in [0, 0.05) is 49.7 Å². The Kier molecular flexibility index (Phi) is 6.27. The highest BCUT2D eigenvalue weighted by Crippen LogP contribution is 2.60. The Bertz CT molecular complexity index is 1100. The fourth-order valence-corrected chi connectivity index (χ4v) is 8.06. The van der Waals surface area contributed by atoms with Crippen LogP contribution in [0.5, 0.6) is 0 Å². The Morgan fingerprint density at radius 3 is 2.25 bits per heavy atom. The zero-order valence-electron chi connectivity index (χ0n) is 21.8. The lowest BCUT2D eigenvalue weighted by atomic mass is 9.49. The predicted octanol–water partition coefficient (Wildman–Crippen LogP) is 4.24. The molecule has 192 valence electrons. The largest absolute Gasteiger partial charge is 0.344 e. The molecule has 5 aliphatic rings. The van der Waals surface area contributed by atoms with E-state index in [1.165, 1.54) is 30.2 Å². The fraction of sp³-hybridized carbons (Fsp3) is 0.633. The number of rotatable bonds is 6. The molecule has 5 fully saturated rings. The Morgan fingerprint density at radius 1 is 0.972 bits per heavy atom. The van der Waals surface area contributed by atoms with Crippen molar-refractivity contribution in [2.24, 2.45) is 29.1 Å². The molecule has 1 aliphatic heterocycles. The van der Waals surface area contributed by atoms with Gasteiger partial charge in [-0.25, -0.2) is 0 Å². The average Bonchev–Trinajstić information content (AvgIpc) is 2.86. The first-order valence-electron chi connectivity index (χ1n) is 14.0. The number of hydrogen-bond donors (Lipinski definition) is 1. The predicted molar refractivity (Wildman–Crippen MR) is 141 cm³/mol. The second kappa shape index (κ2) is 9.44. The molecule has 1 atom stereocenters. The maximum absolute atomic E-state index is 13.7. The lowest BCUT2D eigenvalue weighted by molar-refractivity contribution is -0.151. The minimum absolute atomic E-state index is 0.0788. The van der Waals surface area contributed by atoms with Gasteiger partial charge in [0.05, 0.1) is 5.52 Å². The number of piperazine rings is 1. The summed E-state index contributed by atoms with van der Waals surface area (Å²) in [7, 11) is 0. The van der Waals surface area contributed by atoms with Gasteiger partial charge in [-0.05, 0) is 73.8 Å². The number of carbonyl (C=O) groups is 2. The third kappa shape index (κ3) is 4.42. The maximum Gasteiger partial charge on any atom is 0.245 e. The highest BCUT2D eigenvalue weighted by Gasteiger charge is 2.55. The van der Waals surface area contributed by atoms with E-state index in [4.69, 9.17) is 0 Å². The van der Waals surface area contributed by atoms with Crippen molar-refractivity contribution >= 4 is 22.7 Å². The highest BCUT2D eigenvalue weighted by molar-refractivity contribution is 5.90. The summed E-state index contributed by atoms with van der Waals surface area (Å²) in [6.07, 6.45) is 8.91. The average molecular weight is 489 g/mol. The summed E-state index contributed by atoms with van der Waals surface area (Å²) in [5, 5.41) is 4.45. The van der Waals surface area contributed by atoms with Crippen LogP contribution in [-0.4, -0.2) is 58.8 Å². The second-order valence-corrected chi connectivity index (χ2v) is 12.5. The van der Waals surface area contributed by atoms with Crippen LogP contribution in [0.2, 0.25) is 0 Å². The van der Waals surface area contributed by atoms with Crippen molar-refractivity contribution in [1.82, 2.24) is 20.1 Å². The SMILES string of the molecule is CC(C)C(NC(=O)C12CC3CC(CC(C3)C1)C2)C(=O)N1CCN(Cc2cccc3cccnc23)CC1. The van der Waals surface area contributed by atoms with Gasteiger partial charge in [0.25, 0.3) is 0 Å². The van der Waals surface area contributed by atoms with Crippen molar-refractivity contribution in [2.75, 3.05) is 26.2 Å². The van der Waals surface area contributed by atoms with Crippen molar-refractivity contribution < 1.29 is 9.59 Å². The summed E-state index contributed by atoms with van der Waals surface area (Å²) >= 11 is 0. The molecule has 1 unspecified atom stereocenters. The van der Waals surface area contributed by atoms with Crippen molar-refractivity contribution in [2.45, 2.75) is 65.0 Å². The quantitative estimate of drug-likeness (QED) is 0.661. The number of nitrogens with one attached hydrogen (secondary N) is 1. The molecule has 0 spiro atoms. The molecule has 4 aliphatic carbocycles. The van der Waals surface area contributed by atoms with Gasteiger partial charge >= 0.3 is 0 Å². The summed E-state index contributed by atoms with van der Waals surface area (Å²) in [6, 6.07) is 10.0. The van der Waals surface area contributed by atoms with Crippen molar-refractivity contribution in [3.8, 4) is 0 Å². The second-order valence-electron chi connectivity index (χ2n) is 12.5. The molecule has 6 heteroatoms. The highest BCUT2D eigenvalue weighted by atomic mass is 16.2. The minimum Gasteiger partial charge on any atom is -0.344 e. The molecular weight excluding hydrogens is 448 g/mol. The number of aromatic nitrogens is 1. The molecule has 2 heterocycles. The number of para-hydroxylation sites is 1. The van der Waals surface area contributed by atoms with Gasteiger partial charge in [-0.3, -0.25) is 19.5 Å². The summed E-state index contributed by atoms with van der Waals surface area (Å²) in [5.41, 5.74) is 2.08. The standard InChI is InChI=1S/C30H40N4O2/c1-20(2)26(32-29(36)30-16-21-13-22(17-30)15-23(14-21)18-30)28(35)34-11-9-33(10-12-34)19-25-6-3-5-24-7-4-8-31-27(24)25/h3-8,20-23,26H,9-19H2,1-2H3,(H,32,36). The number of carbonyl (C=O) groups excluding carboxylic acids is 2. The molecular formula is C30H40N4O2. The molecule has 2 aromatic rings. The van der Waals surface area contributed by atoms with Crippen LogP contribution in [-0.2, 0) is 16.1 Å². The Morgan fingerprint density at radius 2 is 1.61 bits per heavy atom. The first kappa shape index (κ1) is 23.9. The van der Waals surface area contributed by atoms with Gasteiger partial charge in [-0.2, -0.15) is 0 Å². The molecule has 7 rings (SSSR count). The topological polar surface area (TPSA) is 65.5 Å². The van der Waals surface area contributed by atoms with Gasteiger partial charge < -0.3 is 10.2 Å². The van der Waals surface area contributed by atoms with Crippen LogP contribution in [0, 0.1) is 29.1 Å². The summed E-state index contributed by atoms with van der Waals surface area (Å²) < 4.78 is 0. The Hall–Kier alpha value is -2.47. The number of hydrogen-bond acceptors (Lipinski definition) is 4. The molecule has 1 aromatic carbocycles. The summed E-state index contributed by atoms with van der Waals surface area (Å²) in [5.74, 6) is 2.50. The first-order chi connectivity index (χ1) is 17.4. The molecule has 6 nitrogen and oxygen atoms in total. The van der Waals surface area contributed by atoms with E-state index in [0.717, 1.165) is 62.2 Å². The molecule has 1 N–H and O–H groups in total. The van der Waals surface area contributed by atoms with Crippen molar-refractivity contribution in [3.63, 3.8) is 0 Å². The van der Waals surface area contributed by atoms with Crippen LogP contribution >= 0.6 is 0 Å². The third-order valence-electron chi connectivity index (χ3n) is 9.53. The van der Waals surface area contributed by atoms with E-state index in [2.05, 4.69) is 53.3 Å². The van der Waals surface area contributed by atoms with Crippen LogP contribution < -0.4 is 5.32 Å². The summed E-state index contributed by atoms with van der Waals surface area (Å²) in [4.78, 5) is 36.3. The monoisotopic (exact) mass is 488 g/mol. The van der Waals surface area contributed by atoms with Gasteiger partial charge in [0.15, 0.2) is 0 Å². The van der Waals surface area contributed by atoms with Crippen LogP contribution in [0.4, 0.5) is 0 Å². The molecule has 4 saturated carbocycles. The maximum atomic E-state index is 13.7. The van der Waals surface area contributed by atoms with E-state index in [9.17, 15) is 9.59 Å². The molecule has 4 bridgehead atoms. The molecule has 1 aromatic heterocycles. The van der Waals surface area contributed by atoms with Crippen LogP contribution in [0.25, 0.3) is 10.9 Å². The number of benzene rings is 1. The molecule has 0 radical (unpaired) electrons. The fourth-order valence-electron chi connectivity index (χ4n) is 8.06. The van der Waals surface area contributed by atoms with Gasteiger partial charge in [-0.1, -0.05) is 38.1 Å². The van der Waals surface area contributed by atoms with E-state index >= 15 is 0 Å². The number of pyridine rings is 1. The third-order valence-corrected chi connectivity index (χ3v) is 9.53. The lowest BCUT2D eigenvalue weighted by Crippen LogP contribution is -2.60. The van der Waals surface area contributed by atoms with Gasteiger partial charge in [0.1, 0.15) is 6.04 Å². The smallest absolute Gasteiger partial charge is 0.245 e. The van der Waals surface area contributed by atoms with Crippen molar-refractivity contribution in [1.29, 1.82) is 0 Å². The van der Waals surface area contributed by atoms with E-state index in [1.54, 1.807) is 0 Å². The first-order valence-corrected chi connectivity index (χ1v) is 14.0. The number of amides is 2. The zero-order chi connectivity index (χ0) is 24.9. The zero-order valence-corrected chi connectivity index (χ0v) is 21.8. The van der Waals surface area contributed by atoms with E-state index in [1.807, 2.05) is 17.2 Å². The van der Waals surface area contributed by atoms with Crippen LogP contribution in [0.15, 0.2) is 36.5 Å². The summed E-state index contributed by atoms with van der Waals surface area (Å²) in [6.45, 7) is 8.04. The minimum atomic E-state index is -0.431. The molecule has 36 heavy (non-hydrogen) atoms. The molecule has 2 amide bonds. The van der Waals surface area contributed by atoms with Gasteiger partial charge in [0.2, 0.25) is 11.8 Å². The van der Waals surface area contributed by atoms with E-state index in [-0.39, 0.29) is 23.1 Å². The molecule has 1 saturated heterocycles. The van der Waals surface area contributed by atoms with Crippen LogP contribution in [0.1, 0.15) is 57.9 Å². The number of nitrogens with zero attached hydrogens (tertiary/aromatic N) is 3. The van der Waals surface area contributed by atoms with Gasteiger partial charge in [-0.15, -0.1) is 0 Å². The number of fused-ring (bicyclic) bond motifs is 1. The van der Waals surface area contributed by atoms with E-state index in [0.29, 0.717) is 13.1 Å². The normalized spacial score (nSPS) is 30.6. The van der Waals surface area contributed by atoms with E-state index < -0.39 is 6.04 Å².